The van der Waals surface area contributed by atoms with E-state index in [0.717, 1.165) is 23.0 Å². The quantitative estimate of drug-likeness (QED) is 0.849. The van der Waals surface area contributed by atoms with E-state index in [1.165, 1.54) is 4.90 Å². The third kappa shape index (κ3) is 3.39. The fourth-order valence-corrected chi connectivity index (χ4v) is 3.39. The fraction of sp³-hybridized carbons (Fsp3) is 0.158. The summed E-state index contributed by atoms with van der Waals surface area (Å²) in [5.41, 5.74) is 2.60. The number of nitrogens with zero attached hydrogens (tertiary/aromatic N) is 2. The van der Waals surface area contributed by atoms with E-state index in [9.17, 15) is 4.79 Å². The molecule has 2 aromatic carbocycles. The van der Waals surface area contributed by atoms with Crippen LogP contribution >= 0.6 is 11.8 Å². The summed E-state index contributed by atoms with van der Waals surface area (Å²) in [4.78, 5) is 16.7. The predicted molar refractivity (Wildman–Crippen MR) is 105 cm³/mol. The third-order valence-electron chi connectivity index (χ3n) is 3.86. The molecule has 128 valence electrons. The highest BCUT2D eigenvalue weighted by atomic mass is 32.2. The summed E-state index contributed by atoms with van der Waals surface area (Å²) in [5.74, 6) is 0.356. The smallest absolute Gasteiger partial charge is 0.271 e. The Morgan fingerprint density at radius 2 is 1.80 bits per heavy atom. The minimum atomic E-state index is -0.212. The molecule has 1 heterocycles. The third-order valence-corrected chi connectivity index (χ3v) is 4.75. The van der Waals surface area contributed by atoms with Gasteiger partial charge in [-0.15, -0.1) is 0 Å². The fourth-order valence-electron chi connectivity index (χ4n) is 2.54. The van der Waals surface area contributed by atoms with E-state index in [-0.39, 0.29) is 11.1 Å². The Labute approximate surface area is 151 Å². The second-order valence-corrected chi connectivity index (χ2v) is 6.74. The molecule has 6 heteroatoms. The van der Waals surface area contributed by atoms with Crippen LogP contribution in [0.15, 0.2) is 53.4 Å². The number of carbonyl (C=O) groups is 1. The molecule has 1 N–H and O–H groups in total. The van der Waals surface area contributed by atoms with Crippen molar-refractivity contribution in [2.45, 2.75) is 0 Å². The van der Waals surface area contributed by atoms with Gasteiger partial charge in [0.25, 0.3) is 5.91 Å². The number of amidine groups is 1. The van der Waals surface area contributed by atoms with Crippen molar-refractivity contribution in [3.8, 4) is 5.75 Å². The zero-order chi connectivity index (χ0) is 18.0. The van der Waals surface area contributed by atoms with Gasteiger partial charge in [-0.1, -0.05) is 24.3 Å². The van der Waals surface area contributed by atoms with E-state index in [2.05, 4.69) is 0 Å². The van der Waals surface area contributed by atoms with Gasteiger partial charge in [0.15, 0.2) is 5.17 Å². The lowest BCUT2D eigenvalue weighted by atomic mass is 10.2. The van der Waals surface area contributed by atoms with Crippen LogP contribution in [0.3, 0.4) is 0 Å². The molecular formula is C19H19N3O2S. The van der Waals surface area contributed by atoms with Gasteiger partial charge in [-0.25, -0.2) is 0 Å². The topological polar surface area (TPSA) is 56.6 Å². The highest BCUT2D eigenvalue weighted by molar-refractivity contribution is 8.19. The average molecular weight is 353 g/mol. The van der Waals surface area contributed by atoms with Gasteiger partial charge in [0.2, 0.25) is 0 Å². The Morgan fingerprint density at radius 3 is 2.44 bits per heavy atom. The summed E-state index contributed by atoms with van der Waals surface area (Å²) in [7, 11) is 5.52. The monoisotopic (exact) mass is 353 g/mol. The van der Waals surface area contributed by atoms with Crippen LogP contribution in [0.25, 0.3) is 6.08 Å². The zero-order valence-corrected chi connectivity index (χ0v) is 15.1. The summed E-state index contributed by atoms with van der Waals surface area (Å²) in [6.45, 7) is 0. The SMILES string of the molecule is COc1ccccc1N1C(=N)S/C(=C\c2ccc(N(C)C)cc2)C1=O. The first-order chi connectivity index (χ1) is 12.0. The number of rotatable bonds is 4. The second kappa shape index (κ2) is 7.03. The van der Waals surface area contributed by atoms with Crippen molar-refractivity contribution in [1.29, 1.82) is 5.41 Å². The summed E-state index contributed by atoms with van der Waals surface area (Å²) in [6.07, 6.45) is 1.82. The maximum atomic E-state index is 12.8. The molecule has 3 rings (SSSR count). The van der Waals surface area contributed by atoms with E-state index >= 15 is 0 Å². The molecule has 1 amide bonds. The molecule has 0 bridgehead atoms. The summed E-state index contributed by atoms with van der Waals surface area (Å²) >= 11 is 1.16. The van der Waals surface area contributed by atoms with E-state index in [1.807, 2.05) is 61.5 Å². The number of thioether (sulfide) groups is 1. The molecule has 25 heavy (non-hydrogen) atoms. The van der Waals surface area contributed by atoms with E-state index in [1.54, 1.807) is 19.2 Å². The van der Waals surface area contributed by atoms with E-state index in [0.29, 0.717) is 16.3 Å². The zero-order valence-electron chi connectivity index (χ0n) is 14.3. The molecule has 2 aromatic rings. The summed E-state index contributed by atoms with van der Waals surface area (Å²) in [6, 6.07) is 15.1. The number of anilines is 2. The van der Waals surface area contributed by atoms with Gasteiger partial charge in [-0.2, -0.15) is 0 Å². The number of para-hydroxylation sites is 2. The molecule has 0 aliphatic carbocycles. The van der Waals surface area contributed by atoms with Crippen molar-refractivity contribution in [2.24, 2.45) is 0 Å². The molecule has 0 radical (unpaired) electrons. The van der Waals surface area contributed by atoms with Crippen LogP contribution < -0.4 is 14.5 Å². The van der Waals surface area contributed by atoms with E-state index in [4.69, 9.17) is 10.1 Å². The highest BCUT2D eigenvalue weighted by Gasteiger charge is 2.35. The van der Waals surface area contributed by atoms with Crippen LogP contribution in [0.4, 0.5) is 11.4 Å². The summed E-state index contributed by atoms with van der Waals surface area (Å²) in [5, 5.41) is 8.37. The largest absolute Gasteiger partial charge is 0.495 e. The number of benzene rings is 2. The number of hydrogen-bond donors (Lipinski definition) is 1. The van der Waals surface area contributed by atoms with Crippen LogP contribution in [0.1, 0.15) is 5.56 Å². The Hall–Kier alpha value is -2.73. The number of amides is 1. The number of methoxy groups -OCH3 is 1. The van der Waals surface area contributed by atoms with Crippen LogP contribution in [0, 0.1) is 5.41 Å². The first-order valence-electron chi connectivity index (χ1n) is 7.74. The van der Waals surface area contributed by atoms with Crippen LogP contribution in [0.5, 0.6) is 5.75 Å². The number of carbonyl (C=O) groups excluding carboxylic acids is 1. The standard InChI is InChI=1S/C19H19N3O2S/c1-21(2)14-10-8-13(9-11-14)12-17-18(23)22(19(20)25-17)15-6-4-5-7-16(15)24-3/h4-12,20H,1-3H3/b17-12-,20-19?. The van der Waals surface area contributed by atoms with Crippen LogP contribution in [0.2, 0.25) is 0 Å². The first kappa shape index (κ1) is 17.1. The molecule has 0 aromatic heterocycles. The number of nitrogens with one attached hydrogen (secondary N) is 1. The minimum absolute atomic E-state index is 0.172. The Balaban J connectivity index is 1.90. The lowest BCUT2D eigenvalue weighted by molar-refractivity contribution is -0.113. The number of hydrogen-bond acceptors (Lipinski definition) is 5. The highest BCUT2D eigenvalue weighted by Crippen LogP contribution is 2.39. The van der Waals surface area contributed by atoms with Crippen molar-refractivity contribution in [3.63, 3.8) is 0 Å². The van der Waals surface area contributed by atoms with Crippen molar-refractivity contribution in [2.75, 3.05) is 31.0 Å². The van der Waals surface area contributed by atoms with Gasteiger partial charge in [-0.3, -0.25) is 15.1 Å². The maximum absolute atomic E-state index is 12.8. The van der Waals surface area contributed by atoms with Crippen LogP contribution in [-0.2, 0) is 4.79 Å². The molecule has 5 nitrogen and oxygen atoms in total. The molecule has 1 aliphatic rings. The lowest BCUT2D eigenvalue weighted by Gasteiger charge is -2.17. The van der Waals surface area contributed by atoms with Gasteiger partial charge in [-0.05, 0) is 47.7 Å². The Bertz CT molecular complexity index is 844. The molecule has 0 unspecified atom stereocenters. The Kier molecular flexibility index (Phi) is 4.81. The van der Waals surface area contributed by atoms with Gasteiger partial charge >= 0.3 is 0 Å². The molecular weight excluding hydrogens is 334 g/mol. The molecule has 1 aliphatic heterocycles. The van der Waals surface area contributed by atoms with Crippen molar-refractivity contribution >= 4 is 40.3 Å². The predicted octanol–water partition coefficient (Wildman–Crippen LogP) is 3.82. The average Bonchev–Trinajstić information content (AvgIpc) is 2.89. The van der Waals surface area contributed by atoms with Crippen molar-refractivity contribution in [1.82, 2.24) is 0 Å². The van der Waals surface area contributed by atoms with Gasteiger partial charge in [0, 0.05) is 19.8 Å². The van der Waals surface area contributed by atoms with Gasteiger partial charge in [0.05, 0.1) is 17.7 Å². The molecule has 0 atom stereocenters. The van der Waals surface area contributed by atoms with Crippen molar-refractivity contribution in [3.05, 3.63) is 59.0 Å². The molecule has 1 saturated heterocycles. The normalized spacial score (nSPS) is 15.8. The molecule has 1 fully saturated rings. The minimum Gasteiger partial charge on any atom is -0.495 e. The molecule has 0 spiro atoms. The van der Waals surface area contributed by atoms with Gasteiger partial charge < -0.3 is 9.64 Å². The summed E-state index contributed by atoms with van der Waals surface area (Å²) < 4.78 is 5.32. The Morgan fingerprint density at radius 1 is 1.12 bits per heavy atom. The van der Waals surface area contributed by atoms with Crippen LogP contribution in [-0.4, -0.2) is 32.3 Å². The second-order valence-electron chi connectivity index (χ2n) is 5.71. The number of ether oxygens (including phenoxy) is 1. The van der Waals surface area contributed by atoms with E-state index < -0.39 is 0 Å². The lowest BCUT2D eigenvalue weighted by Crippen LogP contribution is -2.28. The van der Waals surface area contributed by atoms with Crippen molar-refractivity contribution < 1.29 is 9.53 Å². The van der Waals surface area contributed by atoms with Gasteiger partial charge in [0.1, 0.15) is 5.75 Å². The first-order valence-corrected chi connectivity index (χ1v) is 8.56. The maximum Gasteiger partial charge on any atom is 0.271 e. The molecule has 0 saturated carbocycles.